The highest BCUT2D eigenvalue weighted by Gasteiger charge is 2.24. The second-order valence-electron chi connectivity index (χ2n) is 6.36. The molecule has 7 heteroatoms. The van der Waals surface area contributed by atoms with Crippen LogP contribution in [-0.2, 0) is 17.9 Å². The lowest BCUT2D eigenvalue weighted by Gasteiger charge is -2.22. The van der Waals surface area contributed by atoms with Crippen molar-refractivity contribution in [2.24, 2.45) is 0 Å². The predicted octanol–water partition coefficient (Wildman–Crippen LogP) is 2.64. The van der Waals surface area contributed by atoms with Gasteiger partial charge in [-0.05, 0) is 47.5 Å². The van der Waals surface area contributed by atoms with Gasteiger partial charge < -0.3 is 14.8 Å². The topological polar surface area (TPSA) is 85.4 Å². The Balaban J connectivity index is 1.83. The van der Waals surface area contributed by atoms with E-state index in [0.29, 0.717) is 30.2 Å². The van der Waals surface area contributed by atoms with E-state index in [9.17, 15) is 4.79 Å². The maximum atomic E-state index is 13.1. The van der Waals surface area contributed by atoms with Crippen molar-refractivity contribution in [3.63, 3.8) is 0 Å². The molecule has 0 aliphatic rings. The highest BCUT2D eigenvalue weighted by molar-refractivity contribution is 5.84. The molecule has 0 bridgehead atoms. The molecule has 0 fully saturated rings. The van der Waals surface area contributed by atoms with Crippen molar-refractivity contribution in [1.82, 2.24) is 20.6 Å². The third-order valence-corrected chi connectivity index (χ3v) is 4.46. The molecule has 1 aromatic carbocycles. The molecule has 0 aliphatic heterocycles. The molecule has 1 unspecified atom stereocenters. The van der Waals surface area contributed by atoms with Crippen molar-refractivity contribution in [2.75, 3.05) is 14.2 Å². The summed E-state index contributed by atoms with van der Waals surface area (Å²) in [4.78, 5) is 21.2. The Morgan fingerprint density at radius 1 is 0.966 bits per heavy atom. The minimum absolute atomic E-state index is 0.172. The lowest BCUT2D eigenvalue weighted by Crippen LogP contribution is -2.37. The van der Waals surface area contributed by atoms with E-state index in [0.717, 1.165) is 11.1 Å². The van der Waals surface area contributed by atoms with Crippen LogP contribution in [-0.4, -0.2) is 30.1 Å². The molecule has 0 radical (unpaired) electrons. The van der Waals surface area contributed by atoms with Gasteiger partial charge in [0, 0.05) is 43.4 Å². The van der Waals surface area contributed by atoms with Crippen LogP contribution in [0.1, 0.15) is 22.7 Å². The smallest absolute Gasteiger partial charge is 0.242 e. The monoisotopic (exact) mass is 392 g/mol. The van der Waals surface area contributed by atoms with E-state index in [1.54, 1.807) is 51.1 Å². The highest BCUT2D eigenvalue weighted by atomic mass is 16.5. The summed E-state index contributed by atoms with van der Waals surface area (Å²) in [6, 6.07) is 12.3. The average Bonchev–Trinajstić information content (AvgIpc) is 2.79. The molecule has 0 spiro atoms. The Bertz CT molecular complexity index is 920. The van der Waals surface area contributed by atoms with Crippen LogP contribution in [0.5, 0.6) is 11.5 Å². The Morgan fingerprint density at radius 3 is 2.48 bits per heavy atom. The van der Waals surface area contributed by atoms with E-state index >= 15 is 0 Å². The minimum atomic E-state index is -0.634. The summed E-state index contributed by atoms with van der Waals surface area (Å²) in [6.45, 7) is 0.875. The van der Waals surface area contributed by atoms with Gasteiger partial charge in [0.2, 0.25) is 5.91 Å². The van der Waals surface area contributed by atoms with Crippen LogP contribution in [0.4, 0.5) is 0 Å². The van der Waals surface area contributed by atoms with Gasteiger partial charge in [-0.25, -0.2) is 0 Å². The van der Waals surface area contributed by atoms with Crippen LogP contribution < -0.4 is 20.1 Å². The summed E-state index contributed by atoms with van der Waals surface area (Å²) in [6.07, 6.45) is 6.87. The van der Waals surface area contributed by atoms with E-state index < -0.39 is 6.04 Å². The Hall–Kier alpha value is -3.45. The second kappa shape index (κ2) is 10.2. The summed E-state index contributed by atoms with van der Waals surface area (Å²) in [7, 11) is 3.17. The van der Waals surface area contributed by atoms with Gasteiger partial charge in [0.1, 0.15) is 17.5 Å². The fourth-order valence-electron chi connectivity index (χ4n) is 2.92. The van der Waals surface area contributed by atoms with Gasteiger partial charge in [0.15, 0.2) is 0 Å². The van der Waals surface area contributed by atoms with Crippen LogP contribution in [0.15, 0.2) is 67.3 Å². The van der Waals surface area contributed by atoms with Gasteiger partial charge in [-0.2, -0.15) is 0 Å². The molecule has 3 aromatic rings. The summed E-state index contributed by atoms with van der Waals surface area (Å²) in [5.41, 5.74) is 2.64. The molecule has 0 aliphatic carbocycles. The van der Waals surface area contributed by atoms with Crippen molar-refractivity contribution in [1.29, 1.82) is 0 Å². The van der Waals surface area contributed by atoms with E-state index in [4.69, 9.17) is 9.47 Å². The van der Waals surface area contributed by atoms with Crippen molar-refractivity contribution >= 4 is 5.91 Å². The van der Waals surface area contributed by atoms with Gasteiger partial charge in [-0.15, -0.1) is 0 Å². The van der Waals surface area contributed by atoms with Crippen LogP contribution >= 0.6 is 0 Å². The predicted molar refractivity (Wildman–Crippen MR) is 109 cm³/mol. The molecule has 29 heavy (non-hydrogen) atoms. The standard InChI is InChI=1S/C22H24N4O3/c1-28-18-5-6-20(29-2)19(12-18)21(25-14-16-7-10-23-11-8-16)22(27)26-15-17-4-3-9-24-13-17/h3-13,21,25H,14-15H2,1-2H3,(H,26,27). The van der Waals surface area contributed by atoms with Crippen molar-refractivity contribution in [2.45, 2.75) is 19.1 Å². The van der Waals surface area contributed by atoms with E-state index in [2.05, 4.69) is 20.6 Å². The maximum absolute atomic E-state index is 13.1. The number of nitrogens with one attached hydrogen (secondary N) is 2. The molecule has 1 amide bonds. The van der Waals surface area contributed by atoms with Crippen LogP contribution in [0.25, 0.3) is 0 Å². The third kappa shape index (κ3) is 5.52. The zero-order valence-corrected chi connectivity index (χ0v) is 16.5. The summed E-state index contributed by atoms with van der Waals surface area (Å²) in [5, 5.41) is 6.30. The largest absolute Gasteiger partial charge is 0.497 e. The number of amides is 1. The van der Waals surface area contributed by atoms with Gasteiger partial charge in [-0.3, -0.25) is 20.1 Å². The van der Waals surface area contributed by atoms with Gasteiger partial charge in [-0.1, -0.05) is 6.07 Å². The molecule has 1 atom stereocenters. The Morgan fingerprint density at radius 2 is 1.79 bits per heavy atom. The average molecular weight is 392 g/mol. The molecule has 2 N–H and O–H groups in total. The summed E-state index contributed by atoms with van der Waals surface area (Å²) in [5.74, 6) is 1.08. The zero-order valence-electron chi connectivity index (χ0n) is 16.5. The van der Waals surface area contributed by atoms with E-state index in [1.165, 1.54) is 0 Å². The highest BCUT2D eigenvalue weighted by Crippen LogP contribution is 2.30. The number of carbonyl (C=O) groups excluding carboxylic acids is 1. The molecule has 2 heterocycles. The number of nitrogens with zero attached hydrogens (tertiary/aromatic N) is 2. The molecular formula is C22H24N4O3. The maximum Gasteiger partial charge on any atom is 0.242 e. The second-order valence-corrected chi connectivity index (χ2v) is 6.36. The lowest BCUT2D eigenvalue weighted by atomic mass is 10.0. The summed E-state index contributed by atoms with van der Waals surface area (Å²) >= 11 is 0. The van der Waals surface area contributed by atoms with Gasteiger partial charge in [0.05, 0.1) is 14.2 Å². The van der Waals surface area contributed by atoms with Gasteiger partial charge >= 0.3 is 0 Å². The number of hydrogen-bond donors (Lipinski definition) is 2. The number of rotatable bonds is 9. The van der Waals surface area contributed by atoms with Crippen molar-refractivity contribution in [3.05, 3.63) is 83.9 Å². The molecule has 0 saturated heterocycles. The Kier molecular flexibility index (Phi) is 7.13. The summed E-state index contributed by atoms with van der Waals surface area (Å²) < 4.78 is 10.8. The first-order valence-corrected chi connectivity index (χ1v) is 9.22. The minimum Gasteiger partial charge on any atom is -0.497 e. The molecular weight excluding hydrogens is 368 g/mol. The molecule has 0 saturated carbocycles. The van der Waals surface area contributed by atoms with Crippen LogP contribution in [0.2, 0.25) is 0 Å². The molecule has 3 rings (SSSR count). The van der Waals surface area contributed by atoms with Crippen molar-refractivity contribution in [3.8, 4) is 11.5 Å². The first-order chi connectivity index (χ1) is 14.2. The van der Waals surface area contributed by atoms with Crippen LogP contribution in [0, 0.1) is 0 Å². The fraction of sp³-hybridized carbons (Fsp3) is 0.227. The fourth-order valence-corrected chi connectivity index (χ4v) is 2.92. The first kappa shape index (κ1) is 20.3. The van der Waals surface area contributed by atoms with Crippen LogP contribution in [0.3, 0.4) is 0 Å². The molecule has 7 nitrogen and oxygen atoms in total. The lowest BCUT2D eigenvalue weighted by molar-refractivity contribution is -0.123. The first-order valence-electron chi connectivity index (χ1n) is 9.22. The zero-order chi connectivity index (χ0) is 20.5. The number of carbonyl (C=O) groups is 1. The number of methoxy groups -OCH3 is 2. The number of aromatic nitrogens is 2. The molecule has 150 valence electrons. The Labute approximate surface area is 170 Å². The number of benzene rings is 1. The van der Waals surface area contributed by atoms with Crippen molar-refractivity contribution < 1.29 is 14.3 Å². The van der Waals surface area contributed by atoms with E-state index in [-0.39, 0.29) is 5.91 Å². The third-order valence-electron chi connectivity index (χ3n) is 4.46. The number of pyridine rings is 2. The van der Waals surface area contributed by atoms with Gasteiger partial charge in [0.25, 0.3) is 0 Å². The van der Waals surface area contributed by atoms with E-state index in [1.807, 2.05) is 30.3 Å². The quantitative estimate of drug-likeness (QED) is 0.582. The normalized spacial score (nSPS) is 11.5. The molecule has 2 aromatic heterocycles. The SMILES string of the molecule is COc1ccc(OC)c(C(NCc2ccncc2)C(=O)NCc2cccnc2)c1. The number of ether oxygens (including phenoxy) is 2. The number of hydrogen-bond acceptors (Lipinski definition) is 6.